The zero-order valence-corrected chi connectivity index (χ0v) is 12.6. The monoisotopic (exact) mass is 348 g/mol. The molecule has 0 unspecified atom stereocenters. The van der Waals surface area contributed by atoms with E-state index in [9.17, 15) is 4.79 Å². The van der Waals surface area contributed by atoms with Crippen LogP contribution >= 0.6 is 15.9 Å². The summed E-state index contributed by atoms with van der Waals surface area (Å²) in [4.78, 5) is 11.3. The van der Waals surface area contributed by atoms with Crippen molar-refractivity contribution < 1.29 is 14.3 Å². The van der Waals surface area contributed by atoms with Crippen molar-refractivity contribution in [2.45, 2.75) is 6.61 Å². The van der Waals surface area contributed by atoms with E-state index >= 15 is 0 Å². The third kappa shape index (κ3) is 2.95. The van der Waals surface area contributed by atoms with E-state index in [0.717, 1.165) is 10.0 Å². The number of carbonyl (C=O) groups excluding carboxylic acids is 1. The lowest BCUT2D eigenvalue weighted by molar-refractivity contribution is -0.118. The number of halogens is 1. The lowest BCUT2D eigenvalue weighted by Crippen LogP contribution is -2.25. The van der Waals surface area contributed by atoms with Crippen LogP contribution < -0.4 is 20.5 Å². The van der Waals surface area contributed by atoms with Gasteiger partial charge in [0, 0.05) is 22.2 Å². The standard InChI is InChI=1S/C15H13BrN2O3/c16-10-4-2-1-3-9(10)7-20-13-6-12-14(5-11(13)17)21-8-15(19)18-12/h1-6H,7-8,17H2,(H,18,19). The molecule has 108 valence electrons. The van der Waals surface area contributed by atoms with Gasteiger partial charge < -0.3 is 20.5 Å². The number of anilines is 2. The number of benzene rings is 2. The maximum Gasteiger partial charge on any atom is 0.262 e. The van der Waals surface area contributed by atoms with Gasteiger partial charge >= 0.3 is 0 Å². The summed E-state index contributed by atoms with van der Waals surface area (Å²) in [5, 5.41) is 2.73. The van der Waals surface area contributed by atoms with Crippen molar-refractivity contribution in [3.05, 3.63) is 46.4 Å². The molecule has 0 saturated heterocycles. The maximum absolute atomic E-state index is 11.3. The topological polar surface area (TPSA) is 73.6 Å². The molecular formula is C15H13BrN2O3. The van der Waals surface area contributed by atoms with E-state index in [2.05, 4.69) is 21.2 Å². The van der Waals surface area contributed by atoms with Gasteiger partial charge in [0.2, 0.25) is 0 Å². The predicted octanol–water partition coefficient (Wildman–Crippen LogP) is 2.94. The Bertz CT molecular complexity index is 703. The fraction of sp³-hybridized carbons (Fsp3) is 0.133. The summed E-state index contributed by atoms with van der Waals surface area (Å²) in [6.45, 7) is 0.378. The van der Waals surface area contributed by atoms with Crippen molar-refractivity contribution in [1.29, 1.82) is 0 Å². The van der Waals surface area contributed by atoms with Crippen molar-refractivity contribution in [1.82, 2.24) is 0 Å². The Balaban J connectivity index is 1.81. The number of nitrogens with one attached hydrogen (secondary N) is 1. The molecule has 5 nitrogen and oxygen atoms in total. The van der Waals surface area contributed by atoms with Crippen molar-refractivity contribution in [2.24, 2.45) is 0 Å². The van der Waals surface area contributed by atoms with Gasteiger partial charge in [-0.3, -0.25) is 4.79 Å². The molecule has 0 atom stereocenters. The van der Waals surface area contributed by atoms with Gasteiger partial charge in [0.1, 0.15) is 18.1 Å². The Morgan fingerprint density at radius 1 is 1.33 bits per heavy atom. The zero-order chi connectivity index (χ0) is 14.8. The second-order valence-corrected chi connectivity index (χ2v) is 5.46. The Morgan fingerprint density at radius 2 is 2.14 bits per heavy atom. The smallest absolute Gasteiger partial charge is 0.262 e. The Hall–Kier alpha value is -2.21. The van der Waals surface area contributed by atoms with Crippen LogP contribution in [0.15, 0.2) is 40.9 Å². The number of ether oxygens (including phenoxy) is 2. The van der Waals surface area contributed by atoms with Crippen molar-refractivity contribution in [3.8, 4) is 11.5 Å². The average Bonchev–Trinajstić information content (AvgIpc) is 2.47. The molecule has 2 aromatic rings. The fourth-order valence-corrected chi connectivity index (χ4v) is 2.42. The van der Waals surface area contributed by atoms with Crippen LogP contribution in [-0.2, 0) is 11.4 Å². The van der Waals surface area contributed by atoms with Crippen LogP contribution in [0.1, 0.15) is 5.56 Å². The molecule has 1 amide bonds. The zero-order valence-electron chi connectivity index (χ0n) is 11.1. The molecule has 21 heavy (non-hydrogen) atoms. The minimum atomic E-state index is -0.191. The fourth-order valence-electron chi connectivity index (χ4n) is 2.02. The number of rotatable bonds is 3. The highest BCUT2D eigenvalue weighted by Gasteiger charge is 2.18. The first-order chi connectivity index (χ1) is 10.1. The number of nitrogen functional groups attached to an aromatic ring is 1. The van der Waals surface area contributed by atoms with E-state index in [-0.39, 0.29) is 12.5 Å². The van der Waals surface area contributed by atoms with Crippen LogP contribution in [0.3, 0.4) is 0 Å². The van der Waals surface area contributed by atoms with Crippen LogP contribution in [-0.4, -0.2) is 12.5 Å². The van der Waals surface area contributed by atoms with Gasteiger partial charge in [0.25, 0.3) is 5.91 Å². The summed E-state index contributed by atoms with van der Waals surface area (Å²) in [7, 11) is 0. The summed E-state index contributed by atoms with van der Waals surface area (Å²) < 4.78 is 12.0. The van der Waals surface area contributed by atoms with E-state index in [1.807, 2.05) is 24.3 Å². The molecule has 1 aliphatic heterocycles. The first kappa shape index (κ1) is 13.8. The highest BCUT2D eigenvalue weighted by atomic mass is 79.9. The average molecular weight is 349 g/mol. The van der Waals surface area contributed by atoms with Gasteiger partial charge in [0.05, 0.1) is 11.4 Å². The number of fused-ring (bicyclic) bond motifs is 1. The second-order valence-electron chi connectivity index (χ2n) is 4.60. The number of hydrogen-bond acceptors (Lipinski definition) is 4. The number of carbonyl (C=O) groups is 1. The first-order valence-electron chi connectivity index (χ1n) is 6.36. The number of amides is 1. The van der Waals surface area contributed by atoms with E-state index in [1.54, 1.807) is 12.1 Å². The van der Waals surface area contributed by atoms with Crippen LogP contribution in [0.25, 0.3) is 0 Å². The van der Waals surface area contributed by atoms with Crippen molar-refractivity contribution in [3.63, 3.8) is 0 Å². The van der Waals surface area contributed by atoms with Gasteiger partial charge in [-0.15, -0.1) is 0 Å². The summed E-state index contributed by atoms with van der Waals surface area (Å²) in [5.41, 5.74) is 8.00. The van der Waals surface area contributed by atoms with Crippen LogP contribution in [0.5, 0.6) is 11.5 Å². The van der Waals surface area contributed by atoms with E-state index in [0.29, 0.717) is 29.5 Å². The molecule has 0 aliphatic carbocycles. The van der Waals surface area contributed by atoms with E-state index in [1.165, 1.54) is 0 Å². The largest absolute Gasteiger partial charge is 0.487 e. The SMILES string of the molecule is Nc1cc2c(cc1OCc1ccccc1Br)NC(=O)CO2. The molecular weight excluding hydrogens is 336 g/mol. The molecule has 0 saturated carbocycles. The molecule has 0 bridgehead atoms. The molecule has 1 heterocycles. The molecule has 0 aromatic heterocycles. The Morgan fingerprint density at radius 3 is 2.95 bits per heavy atom. The van der Waals surface area contributed by atoms with Gasteiger partial charge in [-0.05, 0) is 6.07 Å². The lowest BCUT2D eigenvalue weighted by Gasteiger charge is -2.20. The van der Waals surface area contributed by atoms with Gasteiger partial charge in [-0.25, -0.2) is 0 Å². The third-order valence-corrected chi connectivity index (χ3v) is 3.86. The molecule has 1 aliphatic rings. The summed E-state index contributed by atoms with van der Waals surface area (Å²) >= 11 is 3.47. The summed E-state index contributed by atoms with van der Waals surface area (Å²) in [5.74, 6) is 0.875. The summed E-state index contributed by atoms with van der Waals surface area (Å²) in [6.07, 6.45) is 0. The van der Waals surface area contributed by atoms with Gasteiger partial charge in [-0.1, -0.05) is 34.1 Å². The van der Waals surface area contributed by atoms with Crippen LogP contribution in [0, 0.1) is 0 Å². The highest BCUT2D eigenvalue weighted by molar-refractivity contribution is 9.10. The lowest BCUT2D eigenvalue weighted by atomic mass is 10.2. The predicted molar refractivity (Wildman–Crippen MR) is 83.5 cm³/mol. The quantitative estimate of drug-likeness (QED) is 0.836. The Kier molecular flexibility index (Phi) is 3.70. The number of nitrogens with two attached hydrogens (primary N) is 1. The molecule has 0 spiro atoms. The molecule has 2 aromatic carbocycles. The first-order valence-corrected chi connectivity index (χ1v) is 7.15. The minimum absolute atomic E-state index is 0.00358. The maximum atomic E-state index is 11.3. The van der Waals surface area contributed by atoms with Crippen molar-refractivity contribution in [2.75, 3.05) is 17.7 Å². The normalized spacial score (nSPS) is 13.1. The molecule has 0 fully saturated rings. The molecule has 6 heteroatoms. The van der Waals surface area contributed by atoms with Crippen LogP contribution in [0.4, 0.5) is 11.4 Å². The van der Waals surface area contributed by atoms with Gasteiger partial charge in [0.15, 0.2) is 6.61 Å². The van der Waals surface area contributed by atoms with Crippen molar-refractivity contribution >= 4 is 33.2 Å². The summed E-state index contributed by atoms with van der Waals surface area (Å²) in [6, 6.07) is 11.1. The highest BCUT2D eigenvalue weighted by Crippen LogP contribution is 2.37. The third-order valence-electron chi connectivity index (χ3n) is 3.09. The molecule has 0 radical (unpaired) electrons. The van der Waals surface area contributed by atoms with Crippen LogP contribution in [0.2, 0.25) is 0 Å². The molecule has 3 N–H and O–H groups in total. The second kappa shape index (κ2) is 5.65. The number of hydrogen-bond donors (Lipinski definition) is 2. The van der Waals surface area contributed by atoms with E-state index in [4.69, 9.17) is 15.2 Å². The molecule has 3 rings (SSSR count). The Labute approximate surface area is 130 Å². The van der Waals surface area contributed by atoms with Gasteiger partial charge in [-0.2, -0.15) is 0 Å². The van der Waals surface area contributed by atoms with E-state index < -0.39 is 0 Å². The minimum Gasteiger partial charge on any atom is -0.487 e.